The lowest BCUT2D eigenvalue weighted by atomic mass is 10.1. The fourth-order valence-electron chi connectivity index (χ4n) is 3.65. The summed E-state index contributed by atoms with van der Waals surface area (Å²) in [6.07, 6.45) is 3.95. The number of amides is 2. The normalized spacial score (nSPS) is 10.7. The summed E-state index contributed by atoms with van der Waals surface area (Å²) in [5.41, 5.74) is 4.34. The van der Waals surface area contributed by atoms with Gasteiger partial charge in [-0.15, -0.1) is 0 Å². The Labute approximate surface area is 181 Å². The van der Waals surface area contributed by atoms with Crippen LogP contribution < -0.4 is 10.6 Å². The molecule has 0 fully saturated rings. The number of rotatable bonds is 8. The molecular weight excluding hydrogens is 386 g/mol. The van der Waals surface area contributed by atoms with Crippen LogP contribution in [0.25, 0.3) is 10.9 Å². The van der Waals surface area contributed by atoms with Gasteiger partial charge in [-0.3, -0.25) is 9.59 Å². The first-order chi connectivity index (χ1) is 15.2. The maximum Gasteiger partial charge on any atom is 0.253 e. The van der Waals surface area contributed by atoms with Crippen LogP contribution in [-0.4, -0.2) is 16.8 Å². The molecule has 31 heavy (non-hydrogen) atoms. The van der Waals surface area contributed by atoms with Gasteiger partial charge >= 0.3 is 0 Å². The predicted molar refractivity (Wildman–Crippen MR) is 124 cm³/mol. The van der Waals surface area contributed by atoms with E-state index in [0.29, 0.717) is 24.2 Å². The van der Waals surface area contributed by atoms with Crippen molar-refractivity contribution in [3.63, 3.8) is 0 Å². The number of para-hydroxylation sites is 2. The van der Waals surface area contributed by atoms with Gasteiger partial charge in [0.2, 0.25) is 5.91 Å². The molecule has 4 rings (SSSR count). The second-order valence-electron chi connectivity index (χ2n) is 7.48. The van der Waals surface area contributed by atoms with Gasteiger partial charge in [0.15, 0.2) is 0 Å². The number of hydrogen-bond donors (Lipinski definition) is 3. The molecule has 0 unspecified atom stereocenters. The van der Waals surface area contributed by atoms with Gasteiger partial charge in [-0.1, -0.05) is 60.7 Å². The Morgan fingerprint density at radius 3 is 2.45 bits per heavy atom. The number of H-pyrrole nitrogens is 1. The van der Waals surface area contributed by atoms with Gasteiger partial charge in [0.05, 0.1) is 11.3 Å². The molecule has 5 heteroatoms. The van der Waals surface area contributed by atoms with Crippen LogP contribution in [0.5, 0.6) is 0 Å². The second kappa shape index (κ2) is 9.76. The van der Waals surface area contributed by atoms with Crippen LogP contribution in [0.4, 0.5) is 5.69 Å². The molecule has 1 heterocycles. The van der Waals surface area contributed by atoms with Crippen molar-refractivity contribution >= 4 is 28.4 Å². The van der Waals surface area contributed by atoms with Crippen molar-refractivity contribution in [2.75, 3.05) is 5.32 Å². The summed E-state index contributed by atoms with van der Waals surface area (Å²) in [4.78, 5) is 28.4. The van der Waals surface area contributed by atoms with Gasteiger partial charge in [-0.25, -0.2) is 0 Å². The van der Waals surface area contributed by atoms with Crippen molar-refractivity contribution in [1.29, 1.82) is 0 Å². The number of aromatic amines is 1. The highest BCUT2D eigenvalue weighted by Crippen LogP contribution is 2.20. The Hall–Kier alpha value is -3.86. The minimum absolute atomic E-state index is 0.0943. The highest BCUT2D eigenvalue weighted by Gasteiger charge is 2.13. The number of carbonyl (C=O) groups excluding carboxylic acids is 2. The third-order valence-electron chi connectivity index (χ3n) is 5.27. The first-order valence-electron chi connectivity index (χ1n) is 10.5. The van der Waals surface area contributed by atoms with Crippen molar-refractivity contribution in [3.05, 3.63) is 102 Å². The average Bonchev–Trinajstić information content (AvgIpc) is 3.22. The molecule has 0 aliphatic rings. The summed E-state index contributed by atoms with van der Waals surface area (Å²) in [5, 5.41) is 7.01. The standard InChI is InChI=1S/C26H25N3O2/c30-25(16-8-11-20-18-27-23-14-6-4-12-21(20)23)29-24-15-7-5-13-22(24)26(31)28-17-19-9-2-1-3-10-19/h1-7,9-10,12-15,18,27H,8,11,16-17H2,(H,28,31)(H,29,30). The molecule has 0 aliphatic carbocycles. The van der Waals surface area contributed by atoms with Gasteiger partial charge in [0, 0.05) is 30.1 Å². The molecule has 2 amide bonds. The predicted octanol–water partition coefficient (Wildman–Crippen LogP) is 5.06. The molecule has 0 aliphatic heterocycles. The maximum atomic E-state index is 12.6. The number of nitrogens with one attached hydrogen (secondary N) is 3. The number of aromatic nitrogens is 1. The van der Waals surface area contributed by atoms with Gasteiger partial charge in [0.25, 0.3) is 5.91 Å². The van der Waals surface area contributed by atoms with Crippen LogP contribution in [0.3, 0.4) is 0 Å². The SMILES string of the molecule is O=C(CCCc1c[nH]c2ccccc12)Nc1ccccc1C(=O)NCc1ccccc1. The summed E-state index contributed by atoms with van der Waals surface area (Å²) >= 11 is 0. The average molecular weight is 412 g/mol. The lowest BCUT2D eigenvalue weighted by Gasteiger charge is -2.11. The molecule has 3 N–H and O–H groups in total. The molecule has 0 atom stereocenters. The summed E-state index contributed by atoms with van der Waals surface area (Å²) in [5.74, 6) is -0.304. The van der Waals surface area contributed by atoms with E-state index in [9.17, 15) is 9.59 Å². The quantitative estimate of drug-likeness (QED) is 0.379. The van der Waals surface area contributed by atoms with Crippen LogP contribution in [0, 0.1) is 0 Å². The fraction of sp³-hybridized carbons (Fsp3) is 0.154. The Morgan fingerprint density at radius 1 is 0.839 bits per heavy atom. The Bertz CT molecular complexity index is 1180. The van der Waals surface area contributed by atoms with Crippen LogP contribution in [0.1, 0.15) is 34.3 Å². The first kappa shape index (κ1) is 20.4. The van der Waals surface area contributed by atoms with E-state index in [1.165, 1.54) is 10.9 Å². The molecule has 4 aromatic rings. The number of benzene rings is 3. The van der Waals surface area contributed by atoms with E-state index in [1.807, 2.05) is 60.8 Å². The zero-order chi connectivity index (χ0) is 21.5. The molecule has 0 spiro atoms. The lowest BCUT2D eigenvalue weighted by molar-refractivity contribution is -0.116. The monoisotopic (exact) mass is 411 g/mol. The maximum absolute atomic E-state index is 12.6. The van der Waals surface area contributed by atoms with Crippen LogP contribution in [0.15, 0.2) is 85.1 Å². The smallest absolute Gasteiger partial charge is 0.253 e. The van der Waals surface area contributed by atoms with Crippen molar-refractivity contribution in [3.8, 4) is 0 Å². The van der Waals surface area contributed by atoms with Gasteiger partial charge in [-0.05, 0) is 42.2 Å². The summed E-state index contributed by atoms with van der Waals surface area (Å²) in [7, 11) is 0. The third-order valence-corrected chi connectivity index (χ3v) is 5.27. The minimum Gasteiger partial charge on any atom is -0.361 e. The van der Waals surface area contributed by atoms with E-state index < -0.39 is 0 Å². The number of hydrogen-bond acceptors (Lipinski definition) is 2. The van der Waals surface area contributed by atoms with Crippen molar-refractivity contribution in [2.45, 2.75) is 25.8 Å². The molecule has 156 valence electrons. The van der Waals surface area contributed by atoms with Crippen molar-refractivity contribution in [2.24, 2.45) is 0 Å². The van der Waals surface area contributed by atoms with Gasteiger partial charge < -0.3 is 15.6 Å². The summed E-state index contributed by atoms with van der Waals surface area (Å²) in [6, 6.07) is 25.0. The van der Waals surface area contributed by atoms with E-state index in [-0.39, 0.29) is 11.8 Å². The molecule has 1 aromatic heterocycles. The summed E-state index contributed by atoms with van der Waals surface area (Å²) in [6.45, 7) is 0.437. The van der Waals surface area contributed by atoms with E-state index in [1.54, 1.807) is 18.2 Å². The van der Waals surface area contributed by atoms with E-state index in [4.69, 9.17) is 0 Å². The second-order valence-corrected chi connectivity index (χ2v) is 7.48. The van der Waals surface area contributed by atoms with Crippen LogP contribution in [0.2, 0.25) is 0 Å². The van der Waals surface area contributed by atoms with Crippen molar-refractivity contribution in [1.82, 2.24) is 10.3 Å². The molecular formula is C26H25N3O2. The highest BCUT2D eigenvalue weighted by atomic mass is 16.2. The highest BCUT2D eigenvalue weighted by molar-refractivity contribution is 6.03. The molecule has 5 nitrogen and oxygen atoms in total. The molecule has 0 saturated carbocycles. The molecule has 3 aromatic carbocycles. The minimum atomic E-state index is -0.210. The first-order valence-corrected chi connectivity index (χ1v) is 10.5. The van der Waals surface area contributed by atoms with Gasteiger partial charge in [-0.2, -0.15) is 0 Å². The number of carbonyl (C=O) groups is 2. The number of anilines is 1. The third kappa shape index (κ3) is 5.20. The van der Waals surface area contributed by atoms with Crippen LogP contribution in [-0.2, 0) is 17.8 Å². The number of fused-ring (bicyclic) bond motifs is 1. The Balaban J connectivity index is 1.32. The van der Waals surface area contributed by atoms with Crippen molar-refractivity contribution < 1.29 is 9.59 Å². The molecule has 0 saturated heterocycles. The summed E-state index contributed by atoms with van der Waals surface area (Å²) < 4.78 is 0. The Morgan fingerprint density at radius 2 is 1.58 bits per heavy atom. The van der Waals surface area contributed by atoms with Gasteiger partial charge in [0.1, 0.15) is 0 Å². The van der Waals surface area contributed by atoms with E-state index >= 15 is 0 Å². The topological polar surface area (TPSA) is 74.0 Å². The zero-order valence-corrected chi connectivity index (χ0v) is 17.2. The Kier molecular flexibility index (Phi) is 6.43. The lowest BCUT2D eigenvalue weighted by Crippen LogP contribution is -2.24. The molecule has 0 bridgehead atoms. The van der Waals surface area contributed by atoms with E-state index in [2.05, 4.69) is 21.7 Å². The largest absolute Gasteiger partial charge is 0.361 e. The fourth-order valence-corrected chi connectivity index (χ4v) is 3.65. The number of aryl methyl sites for hydroxylation is 1. The molecule has 0 radical (unpaired) electrons. The van der Waals surface area contributed by atoms with Crippen LogP contribution >= 0.6 is 0 Å². The van der Waals surface area contributed by atoms with E-state index in [0.717, 1.165) is 23.9 Å². The zero-order valence-electron chi connectivity index (χ0n) is 17.2.